The fraction of sp³-hybridized carbons (Fsp3) is 0.667. The number of alkyl halides is 3. The Labute approximate surface area is 119 Å². The van der Waals surface area contributed by atoms with Crippen LogP contribution in [0.2, 0.25) is 0 Å². The minimum Gasteiger partial charge on any atom is -0.388 e. The van der Waals surface area contributed by atoms with Crippen molar-refractivity contribution in [3.63, 3.8) is 0 Å². The number of ether oxygens (including phenoxy) is 1. The molecule has 0 aliphatic carbocycles. The maximum absolute atomic E-state index is 12.5. The summed E-state index contributed by atoms with van der Waals surface area (Å²) in [6.45, 7) is 1.85. The minimum absolute atomic E-state index is 0.0503. The Bertz CT molecular complexity index is 486. The molecular weight excluding hydrogens is 291 g/mol. The molecule has 2 heterocycles. The fourth-order valence-corrected chi connectivity index (χ4v) is 2.13. The van der Waals surface area contributed by atoms with E-state index in [-0.39, 0.29) is 12.4 Å². The molecule has 6 nitrogen and oxygen atoms in total. The summed E-state index contributed by atoms with van der Waals surface area (Å²) in [5.41, 5.74) is -1.13. The van der Waals surface area contributed by atoms with Crippen molar-refractivity contribution >= 4 is 5.82 Å². The molecule has 1 aromatic rings. The van der Waals surface area contributed by atoms with Crippen LogP contribution in [-0.2, 0) is 10.9 Å². The summed E-state index contributed by atoms with van der Waals surface area (Å²) in [4.78, 5) is 6.85. The lowest BCUT2D eigenvalue weighted by Gasteiger charge is -2.37. The summed E-state index contributed by atoms with van der Waals surface area (Å²) in [5, 5.41) is 22.4. The van der Waals surface area contributed by atoms with E-state index in [1.54, 1.807) is 6.92 Å². The van der Waals surface area contributed by atoms with Crippen LogP contribution in [0.5, 0.6) is 0 Å². The molecule has 4 atom stereocenters. The van der Waals surface area contributed by atoms with Gasteiger partial charge in [0, 0.05) is 0 Å². The summed E-state index contributed by atoms with van der Waals surface area (Å²) < 4.78 is 43.0. The van der Waals surface area contributed by atoms with Gasteiger partial charge >= 0.3 is 6.18 Å². The molecule has 3 N–H and O–H groups in total. The van der Waals surface area contributed by atoms with Crippen LogP contribution in [-0.4, -0.2) is 51.1 Å². The smallest absolute Gasteiger partial charge is 0.388 e. The average Bonchev–Trinajstić information content (AvgIpc) is 2.44. The Morgan fingerprint density at radius 2 is 2.05 bits per heavy atom. The lowest BCUT2D eigenvalue weighted by atomic mass is 9.96. The third kappa shape index (κ3) is 3.60. The molecule has 1 unspecified atom stereocenters. The van der Waals surface area contributed by atoms with Gasteiger partial charge in [-0.05, 0) is 6.42 Å². The first-order valence-corrected chi connectivity index (χ1v) is 6.46. The number of halogens is 3. The van der Waals surface area contributed by atoms with E-state index < -0.39 is 36.2 Å². The van der Waals surface area contributed by atoms with Crippen molar-refractivity contribution in [1.29, 1.82) is 0 Å². The van der Waals surface area contributed by atoms with E-state index in [0.29, 0.717) is 12.6 Å². The van der Waals surface area contributed by atoms with Gasteiger partial charge in [0.1, 0.15) is 18.0 Å². The van der Waals surface area contributed by atoms with Gasteiger partial charge in [0.2, 0.25) is 0 Å². The van der Waals surface area contributed by atoms with Gasteiger partial charge in [0.25, 0.3) is 0 Å². The van der Waals surface area contributed by atoms with E-state index in [4.69, 9.17) is 4.74 Å². The van der Waals surface area contributed by atoms with E-state index in [9.17, 15) is 23.4 Å². The van der Waals surface area contributed by atoms with Gasteiger partial charge in [-0.2, -0.15) is 13.2 Å². The van der Waals surface area contributed by atoms with Crippen molar-refractivity contribution in [3.05, 3.63) is 18.1 Å². The van der Waals surface area contributed by atoms with Gasteiger partial charge in [-0.3, -0.25) is 4.98 Å². The third-order valence-electron chi connectivity index (χ3n) is 3.29. The predicted molar refractivity (Wildman–Crippen MR) is 66.5 cm³/mol. The number of hydrogen-bond donors (Lipinski definition) is 3. The summed E-state index contributed by atoms with van der Waals surface area (Å²) >= 11 is 0. The molecule has 0 saturated carbocycles. The van der Waals surface area contributed by atoms with E-state index in [1.165, 1.54) is 0 Å². The highest BCUT2D eigenvalue weighted by atomic mass is 19.4. The van der Waals surface area contributed by atoms with Gasteiger partial charge in [-0.1, -0.05) is 6.92 Å². The molecule has 0 aromatic carbocycles. The second-order valence-corrected chi connectivity index (χ2v) is 4.80. The first kappa shape index (κ1) is 15.9. The topological polar surface area (TPSA) is 87.5 Å². The van der Waals surface area contributed by atoms with Crippen molar-refractivity contribution in [2.75, 3.05) is 11.9 Å². The molecule has 0 bridgehead atoms. The van der Waals surface area contributed by atoms with Gasteiger partial charge in [-0.15, -0.1) is 0 Å². The number of anilines is 1. The molecule has 1 saturated heterocycles. The molecule has 1 fully saturated rings. The molecular formula is C12H16F3N3O3. The molecule has 21 heavy (non-hydrogen) atoms. The van der Waals surface area contributed by atoms with E-state index in [0.717, 1.165) is 6.20 Å². The van der Waals surface area contributed by atoms with Crippen molar-refractivity contribution in [1.82, 2.24) is 9.97 Å². The maximum Gasteiger partial charge on any atom is 0.434 e. The highest BCUT2D eigenvalue weighted by molar-refractivity contribution is 5.34. The van der Waals surface area contributed by atoms with Crippen molar-refractivity contribution < 1.29 is 28.1 Å². The molecule has 118 valence electrons. The molecule has 9 heteroatoms. The van der Waals surface area contributed by atoms with E-state index >= 15 is 0 Å². The molecule has 0 spiro atoms. The van der Waals surface area contributed by atoms with Gasteiger partial charge < -0.3 is 20.3 Å². The lowest BCUT2D eigenvalue weighted by molar-refractivity contribution is -0.142. The second-order valence-electron chi connectivity index (χ2n) is 4.80. The zero-order chi connectivity index (χ0) is 15.6. The van der Waals surface area contributed by atoms with Crippen LogP contribution in [0.25, 0.3) is 0 Å². The summed E-state index contributed by atoms with van der Waals surface area (Å²) in [7, 11) is 0. The number of aromatic nitrogens is 2. The minimum atomic E-state index is -4.60. The number of rotatable bonds is 3. The van der Waals surface area contributed by atoms with Gasteiger partial charge in [0.15, 0.2) is 5.69 Å². The average molecular weight is 307 g/mol. The monoisotopic (exact) mass is 307 g/mol. The Balaban J connectivity index is 2.08. The van der Waals surface area contributed by atoms with E-state index in [2.05, 4.69) is 15.3 Å². The first-order valence-electron chi connectivity index (χ1n) is 6.46. The van der Waals surface area contributed by atoms with Crippen molar-refractivity contribution in [3.8, 4) is 0 Å². The molecule has 2 rings (SSSR count). The standard InChI is InChI=1S/C12H16F3N3O3/c1-2-7-11(20)10(19)6(5-21-7)17-9-4-16-3-8(18-9)12(13,14)15/h3-4,6-7,10-11,19-20H,2,5H2,1H3,(H,17,18)/t6?,7-,10-,11+/m1/s1. The van der Waals surface area contributed by atoms with Crippen LogP contribution in [0.3, 0.4) is 0 Å². The Morgan fingerprint density at radius 1 is 1.33 bits per heavy atom. The number of aliphatic hydroxyl groups is 2. The molecule has 1 aliphatic heterocycles. The molecule has 0 radical (unpaired) electrons. The Kier molecular flexibility index (Phi) is 4.64. The second kappa shape index (κ2) is 6.12. The Morgan fingerprint density at radius 3 is 2.67 bits per heavy atom. The van der Waals surface area contributed by atoms with E-state index in [1.807, 2.05) is 0 Å². The Hall–Kier alpha value is -1.45. The van der Waals surface area contributed by atoms with Crippen molar-refractivity contribution in [2.45, 2.75) is 43.9 Å². The molecule has 0 amide bonds. The normalized spacial score (nSPS) is 30.2. The largest absolute Gasteiger partial charge is 0.434 e. The van der Waals surface area contributed by atoms with Gasteiger partial charge in [-0.25, -0.2) is 4.98 Å². The number of aliphatic hydroxyl groups excluding tert-OH is 2. The third-order valence-corrected chi connectivity index (χ3v) is 3.29. The number of nitrogens with zero attached hydrogens (tertiary/aromatic N) is 2. The van der Waals surface area contributed by atoms with Crippen LogP contribution in [0.1, 0.15) is 19.0 Å². The molecule has 1 aromatic heterocycles. The van der Waals surface area contributed by atoms with Crippen LogP contribution in [0.15, 0.2) is 12.4 Å². The molecule has 1 aliphatic rings. The summed E-state index contributed by atoms with van der Waals surface area (Å²) in [6, 6.07) is -0.763. The summed E-state index contributed by atoms with van der Waals surface area (Å²) in [5.74, 6) is -0.139. The predicted octanol–water partition coefficient (Wildman–Crippen LogP) is 0.806. The van der Waals surface area contributed by atoms with Crippen LogP contribution in [0, 0.1) is 0 Å². The first-order chi connectivity index (χ1) is 9.82. The fourth-order valence-electron chi connectivity index (χ4n) is 2.13. The van der Waals surface area contributed by atoms with Crippen LogP contribution in [0.4, 0.5) is 19.0 Å². The maximum atomic E-state index is 12.5. The summed E-state index contributed by atoms with van der Waals surface area (Å²) in [6.07, 6.45) is -5.12. The highest BCUT2D eigenvalue weighted by Crippen LogP contribution is 2.28. The number of nitrogens with one attached hydrogen (secondary N) is 1. The lowest BCUT2D eigenvalue weighted by Crippen LogP contribution is -2.55. The van der Waals surface area contributed by atoms with Crippen molar-refractivity contribution in [2.24, 2.45) is 0 Å². The van der Waals surface area contributed by atoms with Gasteiger partial charge in [0.05, 0.1) is 31.1 Å². The SMILES string of the molecule is CC[C@H]1OCC(Nc2cncc(C(F)(F)F)n2)[C@@H](O)[C@H]1O. The number of hydrogen-bond acceptors (Lipinski definition) is 6. The highest BCUT2D eigenvalue weighted by Gasteiger charge is 2.38. The van der Waals surface area contributed by atoms with Crippen LogP contribution < -0.4 is 5.32 Å². The quantitative estimate of drug-likeness (QED) is 0.766. The van der Waals surface area contributed by atoms with Crippen LogP contribution >= 0.6 is 0 Å². The zero-order valence-corrected chi connectivity index (χ0v) is 11.2. The zero-order valence-electron chi connectivity index (χ0n) is 11.2.